The van der Waals surface area contributed by atoms with Crippen LogP contribution in [0.4, 0.5) is 0 Å². The van der Waals surface area contributed by atoms with Crippen LogP contribution in [-0.2, 0) is 20.5 Å². The second-order valence-electron chi connectivity index (χ2n) is 17.7. The van der Waals surface area contributed by atoms with Crippen LogP contribution in [-0.4, -0.2) is 23.2 Å². The molecule has 4 aromatic rings. The number of carbonyl (C=O) groups excluding carboxylic acids is 3. The first-order valence-electron chi connectivity index (χ1n) is 23.6. The van der Waals surface area contributed by atoms with E-state index in [1.807, 2.05) is 24.3 Å². The molecule has 0 heterocycles. The SMILES string of the molecule is CCCCCCC1(CCCCCC)c2ccccc2-c2ccc(C(=O)C(=NOC(C)=O)C(=O)c3ccc4c(c3)C(CCCCCC)(CCCCCC)c3ccccc3-4)cc21. The third-order valence-corrected chi connectivity index (χ3v) is 13.6. The fourth-order valence-electron chi connectivity index (χ4n) is 10.5. The minimum Gasteiger partial charge on any atom is -0.318 e. The Morgan fingerprint density at radius 3 is 1.15 bits per heavy atom. The van der Waals surface area contributed by atoms with E-state index < -0.39 is 17.5 Å². The van der Waals surface area contributed by atoms with E-state index in [9.17, 15) is 14.4 Å². The normalized spacial score (nSPS) is 13.9. The van der Waals surface area contributed by atoms with Gasteiger partial charge >= 0.3 is 5.97 Å². The number of ketones is 2. The molecule has 60 heavy (non-hydrogen) atoms. The Morgan fingerprint density at radius 2 is 0.800 bits per heavy atom. The number of oxime groups is 1. The summed E-state index contributed by atoms with van der Waals surface area (Å²) in [7, 11) is 0. The molecule has 0 fully saturated rings. The van der Waals surface area contributed by atoms with E-state index in [-0.39, 0.29) is 16.5 Å². The predicted octanol–water partition coefficient (Wildman–Crippen LogP) is 15.1. The van der Waals surface area contributed by atoms with Gasteiger partial charge in [-0.15, -0.1) is 0 Å². The molecule has 5 heteroatoms. The molecule has 0 N–H and O–H groups in total. The van der Waals surface area contributed by atoms with Crippen molar-refractivity contribution < 1.29 is 19.2 Å². The first kappa shape index (κ1) is 44.9. The number of Topliss-reactive ketones (excluding diaryl/α,β-unsaturated/α-hetero) is 2. The van der Waals surface area contributed by atoms with E-state index in [1.54, 1.807) is 0 Å². The van der Waals surface area contributed by atoms with Gasteiger partial charge in [-0.1, -0.05) is 208 Å². The van der Waals surface area contributed by atoms with Gasteiger partial charge in [0.25, 0.3) is 0 Å². The highest BCUT2D eigenvalue weighted by Gasteiger charge is 2.44. The molecule has 0 saturated carbocycles. The molecule has 0 aliphatic heterocycles. The summed E-state index contributed by atoms with van der Waals surface area (Å²) < 4.78 is 0. The molecule has 4 aromatic carbocycles. The van der Waals surface area contributed by atoms with Gasteiger partial charge in [0.1, 0.15) is 0 Å². The van der Waals surface area contributed by atoms with Crippen LogP contribution < -0.4 is 0 Å². The van der Waals surface area contributed by atoms with Crippen molar-refractivity contribution in [3.8, 4) is 22.3 Å². The highest BCUT2D eigenvalue weighted by molar-refractivity contribution is 6.71. The highest BCUT2D eigenvalue weighted by Crippen LogP contribution is 2.56. The molecule has 0 aromatic heterocycles. The zero-order valence-corrected chi connectivity index (χ0v) is 37.3. The molecule has 0 saturated heterocycles. The Labute approximate surface area is 360 Å². The smallest absolute Gasteiger partial charge is 0.318 e. The van der Waals surface area contributed by atoms with Crippen LogP contribution in [0.15, 0.2) is 90.1 Å². The van der Waals surface area contributed by atoms with Crippen LogP contribution in [0.2, 0.25) is 0 Å². The maximum absolute atomic E-state index is 14.9. The van der Waals surface area contributed by atoms with Gasteiger partial charge in [0.2, 0.25) is 11.6 Å². The average molecular weight is 808 g/mol. The van der Waals surface area contributed by atoms with Crippen molar-refractivity contribution >= 4 is 23.2 Å². The lowest BCUT2D eigenvalue weighted by Gasteiger charge is -2.33. The second kappa shape index (κ2) is 21.2. The fourth-order valence-corrected chi connectivity index (χ4v) is 10.5. The molecule has 318 valence electrons. The lowest BCUT2D eigenvalue weighted by Crippen LogP contribution is -2.29. The standard InChI is InChI=1S/C55H69NO4/c1-6-10-14-22-34-54(35-23-15-11-7-2)47-28-20-18-26-43(47)45-32-30-41(38-49(45)54)52(58)51(56-60-40(5)57)53(59)42-31-33-46-44-27-19-21-29-48(44)55(50(46)39-42,36-24-16-12-8-3)37-25-17-13-9-4/h18-21,26-33,38-39H,6-17,22-25,34-37H2,1-5H3. The molecule has 2 aliphatic carbocycles. The van der Waals surface area contributed by atoms with Crippen LogP contribution in [0.3, 0.4) is 0 Å². The van der Waals surface area contributed by atoms with Crippen LogP contribution in [0.1, 0.15) is 206 Å². The predicted molar refractivity (Wildman–Crippen MR) is 248 cm³/mol. The van der Waals surface area contributed by atoms with Gasteiger partial charge in [0.15, 0.2) is 5.71 Å². The van der Waals surface area contributed by atoms with Crippen molar-refractivity contribution in [2.45, 2.75) is 174 Å². The third-order valence-electron chi connectivity index (χ3n) is 13.6. The Kier molecular flexibility index (Phi) is 15.9. The summed E-state index contributed by atoms with van der Waals surface area (Å²) in [4.78, 5) is 47.1. The summed E-state index contributed by atoms with van der Waals surface area (Å²) in [6.07, 6.45) is 22.6. The van der Waals surface area contributed by atoms with Gasteiger partial charge in [-0.2, -0.15) is 0 Å². The molecule has 0 amide bonds. The molecule has 0 bridgehead atoms. The van der Waals surface area contributed by atoms with Crippen LogP contribution in [0.25, 0.3) is 22.3 Å². The van der Waals surface area contributed by atoms with Crippen molar-refractivity contribution in [2.24, 2.45) is 5.16 Å². The van der Waals surface area contributed by atoms with Crippen LogP contribution in [0.5, 0.6) is 0 Å². The van der Waals surface area contributed by atoms with E-state index in [0.717, 1.165) is 73.6 Å². The molecule has 0 radical (unpaired) electrons. The molecule has 0 atom stereocenters. The van der Waals surface area contributed by atoms with Gasteiger partial charge in [-0.3, -0.25) is 9.59 Å². The number of unbranched alkanes of at least 4 members (excludes halogenated alkanes) is 12. The van der Waals surface area contributed by atoms with E-state index in [2.05, 4.69) is 93.5 Å². The van der Waals surface area contributed by atoms with Gasteiger partial charge in [-0.25, -0.2) is 4.79 Å². The average Bonchev–Trinajstić information content (AvgIpc) is 3.70. The minimum absolute atomic E-state index is 0.229. The van der Waals surface area contributed by atoms with Crippen molar-refractivity contribution in [1.82, 2.24) is 0 Å². The third kappa shape index (κ3) is 9.46. The summed E-state index contributed by atoms with van der Waals surface area (Å²) in [5, 5.41) is 4.06. The Morgan fingerprint density at radius 1 is 0.450 bits per heavy atom. The summed E-state index contributed by atoms with van der Waals surface area (Å²) in [5.74, 6) is -1.74. The minimum atomic E-state index is -0.682. The topological polar surface area (TPSA) is 72.8 Å². The summed E-state index contributed by atoms with van der Waals surface area (Å²) in [6.45, 7) is 10.2. The van der Waals surface area contributed by atoms with Crippen LogP contribution in [0, 0.1) is 0 Å². The van der Waals surface area contributed by atoms with Crippen molar-refractivity contribution in [3.63, 3.8) is 0 Å². The molecule has 5 nitrogen and oxygen atoms in total. The summed E-state index contributed by atoms with van der Waals surface area (Å²) >= 11 is 0. The van der Waals surface area contributed by atoms with Crippen LogP contribution >= 0.6 is 0 Å². The highest BCUT2D eigenvalue weighted by atomic mass is 16.7. The Bertz CT molecular complexity index is 1980. The largest absolute Gasteiger partial charge is 0.332 e. The Balaban J connectivity index is 1.41. The monoisotopic (exact) mass is 808 g/mol. The van der Waals surface area contributed by atoms with Gasteiger partial charge in [0, 0.05) is 28.9 Å². The first-order chi connectivity index (χ1) is 29.3. The quantitative estimate of drug-likeness (QED) is 0.0167. The molecular formula is C55H69NO4. The summed E-state index contributed by atoms with van der Waals surface area (Å²) in [6, 6.07) is 29.4. The molecule has 6 rings (SSSR count). The molecule has 0 unspecified atom stereocenters. The Hall–Kier alpha value is -4.64. The van der Waals surface area contributed by atoms with E-state index in [1.165, 1.54) is 106 Å². The number of rotatable bonds is 25. The lowest BCUT2D eigenvalue weighted by molar-refractivity contribution is -0.140. The van der Waals surface area contributed by atoms with E-state index in [4.69, 9.17) is 4.84 Å². The second-order valence-corrected chi connectivity index (χ2v) is 17.7. The van der Waals surface area contributed by atoms with E-state index >= 15 is 0 Å². The number of benzene rings is 4. The number of hydrogen-bond donors (Lipinski definition) is 0. The zero-order valence-electron chi connectivity index (χ0n) is 37.3. The number of carbonyl (C=O) groups is 3. The fraction of sp³-hybridized carbons (Fsp3) is 0.491. The van der Waals surface area contributed by atoms with Crippen molar-refractivity contribution in [2.75, 3.05) is 0 Å². The number of hydrogen-bond acceptors (Lipinski definition) is 5. The molecular weight excluding hydrogens is 739 g/mol. The van der Waals surface area contributed by atoms with Crippen molar-refractivity contribution in [3.05, 3.63) is 118 Å². The zero-order chi connectivity index (χ0) is 42.5. The van der Waals surface area contributed by atoms with Gasteiger partial charge in [-0.05, 0) is 82.3 Å². The molecule has 2 aliphatic rings. The van der Waals surface area contributed by atoms with E-state index in [0.29, 0.717) is 11.1 Å². The maximum atomic E-state index is 14.9. The van der Waals surface area contributed by atoms with Crippen molar-refractivity contribution in [1.29, 1.82) is 0 Å². The summed E-state index contributed by atoms with van der Waals surface area (Å²) in [5.41, 5.74) is 9.73. The molecule has 0 spiro atoms. The first-order valence-corrected chi connectivity index (χ1v) is 23.6. The lowest BCUT2D eigenvalue weighted by atomic mass is 9.70. The van der Waals surface area contributed by atoms with Gasteiger partial charge in [0.05, 0.1) is 0 Å². The number of fused-ring (bicyclic) bond motifs is 6. The maximum Gasteiger partial charge on any atom is 0.332 e. The number of nitrogens with zero attached hydrogens (tertiary/aromatic N) is 1. The van der Waals surface area contributed by atoms with Gasteiger partial charge < -0.3 is 4.84 Å².